The molecule has 0 spiro atoms. The van der Waals surface area contributed by atoms with E-state index in [2.05, 4.69) is 12.2 Å². The van der Waals surface area contributed by atoms with Gasteiger partial charge in [-0.25, -0.2) is 9.78 Å². The third kappa shape index (κ3) is 4.75. The fraction of sp³-hybridized carbons (Fsp3) is 0.276. The second kappa shape index (κ2) is 10.0. The lowest BCUT2D eigenvalue weighted by Crippen LogP contribution is -2.19. The summed E-state index contributed by atoms with van der Waals surface area (Å²) in [5.41, 5.74) is 4.03. The van der Waals surface area contributed by atoms with Gasteiger partial charge < -0.3 is 10.1 Å². The van der Waals surface area contributed by atoms with E-state index in [1.165, 1.54) is 11.3 Å². The Balaban J connectivity index is 1.59. The number of nitrogens with one attached hydrogen (secondary N) is 1. The Bertz CT molecular complexity index is 1480. The van der Waals surface area contributed by atoms with E-state index in [4.69, 9.17) is 21.3 Å². The van der Waals surface area contributed by atoms with Gasteiger partial charge in [0.15, 0.2) is 0 Å². The van der Waals surface area contributed by atoms with E-state index in [0.29, 0.717) is 38.3 Å². The number of para-hydroxylation sites is 1. The van der Waals surface area contributed by atoms with Crippen LogP contribution < -0.4 is 5.32 Å². The minimum atomic E-state index is -0.385. The molecule has 2 heterocycles. The molecule has 36 heavy (non-hydrogen) atoms. The number of ether oxygens (including phenoxy) is 1. The van der Waals surface area contributed by atoms with Gasteiger partial charge in [-0.1, -0.05) is 54.9 Å². The number of nitrogens with zero attached hydrogens (tertiary/aromatic N) is 1. The lowest BCUT2D eigenvalue weighted by atomic mass is 9.88. The van der Waals surface area contributed by atoms with Crippen molar-refractivity contribution < 1.29 is 14.3 Å². The zero-order chi connectivity index (χ0) is 25.4. The molecule has 2 aromatic heterocycles. The fourth-order valence-electron chi connectivity index (χ4n) is 4.67. The first-order chi connectivity index (χ1) is 17.3. The number of aromatic nitrogens is 1. The molecule has 1 aliphatic carbocycles. The highest BCUT2D eigenvalue weighted by Gasteiger charge is 2.30. The number of anilines is 1. The maximum Gasteiger partial charge on any atom is 0.341 e. The van der Waals surface area contributed by atoms with Gasteiger partial charge in [-0.15, -0.1) is 11.3 Å². The molecule has 4 aromatic rings. The van der Waals surface area contributed by atoms with Gasteiger partial charge in [0.05, 0.1) is 28.4 Å². The second-order valence-corrected chi connectivity index (χ2v) is 11.0. The molecule has 0 bridgehead atoms. The van der Waals surface area contributed by atoms with Crippen molar-refractivity contribution in [1.82, 2.24) is 4.98 Å². The standard InChI is InChI=1S/C29H27ClN2O3S/c1-16(2)35-29(34)26-20-13-12-17(3)14-25(20)36-28(26)32-27(33)21-15-24(19-9-4-6-10-22(19)30)31-23-11-7-5-8-18(21)23/h4-11,15-17H,12-14H2,1-3H3,(H,32,33)/t17-/m0/s1. The molecular formula is C29H27ClN2O3S. The number of pyridine rings is 1. The van der Waals surface area contributed by atoms with Crippen molar-refractivity contribution in [3.05, 3.63) is 81.2 Å². The molecule has 1 aliphatic rings. The molecule has 5 nitrogen and oxygen atoms in total. The number of carbonyl (C=O) groups is 2. The average Bonchev–Trinajstić information content (AvgIpc) is 3.20. The summed E-state index contributed by atoms with van der Waals surface area (Å²) in [6.45, 7) is 5.87. The van der Waals surface area contributed by atoms with E-state index in [0.717, 1.165) is 40.7 Å². The molecule has 0 aliphatic heterocycles. The van der Waals surface area contributed by atoms with Gasteiger partial charge in [-0.2, -0.15) is 0 Å². The van der Waals surface area contributed by atoms with Crippen LogP contribution in [0.2, 0.25) is 5.02 Å². The molecule has 7 heteroatoms. The number of fused-ring (bicyclic) bond motifs is 2. The predicted octanol–water partition coefficient (Wildman–Crippen LogP) is 7.56. The van der Waals surface area contributed by atoms with E-state index in [9.17, 15) is 9.59 Å². The van der Waals surface area contributed by atoms with Crippen molar-refractivity contribution in [2.24, 2.45) is 5.92 Å². The molecule has 0 saturated carbocycles. The van der Waals surface area contributed by atoms with Crippen LogP contribution in [-0.2, 0) is 17.6 Å². The van der Waals surface area contributed by atoms with Gasteiger partial charge in [0, 0.05) is 20.8 Å². The lowest BCUT2D eigenvalue weighted by Gasteiger charge is -2.19. The van der Waals surface area contributed by atoms with Crippen LogP contribution in [0.4, 0.5) is 5.00 Å². The van der Waals surface area contributed by atoms with Gasteiger partial charge in [0.1, 0.15) is 5.00 Å². The number of thiophene rings is 1. The first-order valence-corrected chi connectivity index (χ1v) is 13.3. The average molecular weight is 519 g/mol. The highest BCUT2D eigenvalue weighted by atomic mass is 35.5. The van der Waals surface area contributed by atoms with Gasteiger partial charge >= 0.3 is 5.97 Å². The summed E-state index contributed by atoms with van der Waals surface area (Å²) in [5, 5.41) is 4.89. The van der Waals surface area contributed by atoms with Crippen molar-refractivity contribution in [3.63, 3.8) is 0 Å². The molecule has 1 N–H and O–H groups in total. The summed E-state index contributed by atoms with van der Waals surface area (Å²) in [6, 6.07) is 16.7. The number of carbonyl (C=O) groups excluding carboxylic acids is 2. The SMILES string of the molecule is CC(C)OC(=O)c1c(NC(=O)c2cc(-c3ccccc3Cl)nc3ccccc23)sc2c1CC[C@H](C)C2. The summed E-state index contributed by atoms with van der Waals surface area (Å²) < 4.78 is 5.57. The van der Waals surface area contributed by atoms with Crippen LogP contribution >= 0.6 is 22.9 Å². The van der Waals surface area contributed by atoms with Crippen LogP contribution in [-0.4, -0.2) is 23.0 Å². The quantitative estimate of drug-likeness (QED) is 0.277. The molecule has 1 amide bonds. The Kier molecular flexibility index (Phi) is 6.82. The summed E-state index contributed by atoms with van der Waals surface area (Å²) in [4.78, 5) is 32.8. The van der Waals surface area contributed by atoms with Gasteiger partial charge in [0.25, 0.3) is 5.91 Å². The van der Waals surface area contributed by atoms with Crippen LogP contribution in [0.25, 0.3) is 22.2 Å². The molecule has 5 rings (SSSR count). The predicted molar refractivity (Wildman–Crippen MR) is 146 cm³/mol. The van der Waals surface area contributed by atoms with Gasteiger partial charge in [-0.3, -0.25) is 4.79 Å². The molecular weight excluding hydrogens is 492 g/mol. The van der Waals surface area contributed by atoms with E-state index in [1.54, 1.807) is 12.1 Å². The van der Waals surface area contributed by atoms with Gasteiger partial charge in [0.2, 0.25) is 0 Å². The van der Waals surface area contributed by atoms with E-state index < -0.39 is 0 Å². The third-order valence-electron chi connectivity index (χ3n) is 6.40. The Labute approximate surface area is 219 Å². The summed E-state index contributed by atoms with van der Waals surface area (Å²) in [7, 11) is 0. The first kappa shape index (κ1) is 24.5. The van der Waals surface area contributed by atoms with Crippen LogP contribution in [0, 0.1) is 5.92 Å². The van der Waals surface area contributed by atoms with E-state index in [-0.39, 0.29) is 18.0 Å². The molecule has 0 fully saturated rings. The van der Waals surface area contributed by atoms with Crippen molar-refractivity contribution in [2.75, 3.05) is 5.32 Å². The largest absolute Gasteiger partial charge is 0.459 e. The van der Waals surface area contributed by atoms with E-state index in [1.807, 2.05) is 56.3 Å². The highest BCUT2D eigenvalue weighted by molar-refractivity contribution is 7.17. The number of hydrogen-bond donors (Lipinski definition) is 1. The van der Waals surface area contributed by atoms with Crippen molar-refractivity contribution in [2.45, 2.75) is 46.1 Å². The third-order valence-corrected chi connectivity index (χ3v) is 7.90. The molecule has 2 aromatic carbocycles. The fourth-order valence-corrected chi connectivity index (χ4v) is 6.29. The maximum absolute atomic E-state index is 13.8. The molecule has 0 unspecified atom stereocenters. The molecule has 184 valence electrons. The van der Waals surface area contributed by atoms with Gasteiger partial charge in [-0.05, 0) is 62.8 Å². The van der Waals surface area contributed by atoms with Crippen LogP contribution in [0.15, 0.2) is 54.6 Å². The zero-order valence-electron chi connectivity index (χ0n) is 20.4. The van der Waals surface area contributed by atoms with E-state index >= 15 is 0 Å². The Hall–Kier alpha value is -3.22. The van der Waals surface area contributed by atoms with Crippen LogP contribution in [0.5, 0.6) is 0 Å². The van der Waals surface area contributed by atoms with Crippen molar-refractivity contribution in [3.8, 4) is 11.3 Å². The Morgan fingerprint density at radius 1 is 1.14 bits per heavy atom. The van der Waals surface area contributed by atoms with Crippen LogP contribution in [0.3, 0.4) is 0 Å². The summed E-state index contributed by atoms with van der Waals surface area (Å²) >= 11 is 7.93. The Morgan fingerprint density at radius 2 is 1.89 bits per heavy atom. The van der Waals surface area contributed by atoms with Crippen molar-refractivity contribution >= 4 is 50.7 Å². The molecule has 1 atom stereocenters. The number of benzene rings is 2. The minimum Gasteiger partial charge on any atom is -0.459 e. The summed E-state index contributed by atoms with van der Waals surface area (Å²) in [5.74, 6) is -0.146. The van der Waals surface area contributed by atoms with Crippen molar-refractivity contribution in [1.29, 1.82) is 0 Å². The number of rotatable bonds is 5. The van der Waals surface area contributed by atoms with Crippen LogP contribution in [0.1, 0.15) is 58.3 Å². The maximum atomic E-state index is 13.8. The highest BCUT2D eigenvalue weighted by Crippen LogP contribution is 2.41. The zero-order valence-corrected chi connectivity index (χ0v) is 22.0. The lowest BCUT2D eigenvalue weighted by molar-refractivity contribution is 0.0378. The normalized spacial score (nSPS) is 15.1. The number of hydrogen-bond acceptors (Lipinski definition) is 5. The topological polar surface area (TPSA) is 68.3 Å². The second-order valence-electron chi connectivity index (χ2n) is 9.52. The smallest absolute Gasteiger partial charge is 0.341 e. The molecule has 0 saturated heterocycles. The monoisotopic (exact) mass is 518 g/mol. The number of esters is 1. The number of amides is 1. The Morgan fingerprint density at radius 3 is 2.67 bits per heavy atom. The molecule has 0 radical (unpaired) electrons. The minimum absolute atomic E-state index is 0.249. The summed E-state index contributed by atoms with van der Waals surface area (Å²) in [6.07, 6.45) is 2.46. The first-order valence-electron chi connectivity index (χ1n) is 12.1. The number of halogens is 1.